The summed E-state index contributed by atoms with van der Waals surface area (Å²) in [7, 11) is 3.88. The number of rotatable bonds is 11. The van der Waals surface area contributed by atoms with Gasteiger partial charge in [0.2, 0.25) is 0 Å². The molecule has 256 valence electrons. The predicted octanol–water partition coefficient (Wildman–Crippen LogP) is 6.12. The second kappa shape index (κ2) is 14.5. The van der Waals surface area contributed by atoms with E-state index in [4.69, 9.17) is 5.10 Å². The number of benzene rings is 3. The number of likely N-dealkylation sites (N-methyl/N-ethyl adjacent to an activating group) is 1. The standard InChI is InChI=1S/C36H37F4N7O2/c1-5-46-34-30(31(43-47(34)28-13-7-6-8-14-28)23(2)45(22-41)20-10-19-44(3)4)29(24-15-17-27(37)18-16-24)32(35(46)49)42-33(48)25-11-9-12-26(21-25)36(38,39)40/h6-9,11-18,21,23,29,32H,5,10,19-20H2,1-4H3,(H,42,48)/t23-,29+,32+/m1/s1. The topological polar surface area (TPSA) is 97.5 Å². The molecular formula is C36H37F4N7O2. The van der Waals surface area contributed by atoms with Gasteiger partial charge in [-0.1, -0.05) is 36.4 Å². The SMILES string of the molecule is CCN1C(=O)[C@@H](NC(=O)c2cccc(C(F)(F)F)c2)[C@@H](c2ccc(F)cc2)c2c([C@@H](C)N(C#N)CCCN(C)C)nn(-c3ccccc3)c21. The lowest BCUT2D eigenvalue weighted by Crippen LogP contribution is -2.55. The Hall–Kier alpha value is -5.22. The van der Waals surface area contributed by atoms with Gasteiger partial charge < -0.3 is 15.1 Å². The van der Waals surface area contributed by atoms with Crippen molar-refractivity contribution < 1.29 is 27.2 Å². The van der Waals surface area contributed by atoms with Crippen molar-refractivity contribution in [2.45, 2.75) is 44.4 Å². The minimum absolute atomic E-state index is 0.162. The van der Waals surface area contributed by atoms with Crippen LogP contribution in [0, 0.1) is 17.3 Å². The fourth-order valence-corrected chi connectivity index (χ4v) is 6.21. The molecule has 1 aliphatic heterocycles. The highest BCUT2D eigenvalue weighted by Gasteiger charge is 2.47. The summed E-state index contributed by atoms with van der Waals surface area (Å²) in [6.45, 7) is 4.91. The Bertz CT molecular complexity index is 1830. The van der Waals surface area contributed by atoms with Crippen molar-refractivity contribution in [2.75, 3.05) is 38.6 Å². The van der Waals surface area contributed by atoms with Crippen LogP contribution in [0.15, 0.2) is 78.9 Å². The third-order valence-corrected chi connectivity index (χ3v) is 8.64. The first-order valence-corrected chi connectivity index (χ1v) is 15.9. The number of carbonyl (C=O) groups excluding carboxylic acids is 2. The number of hydrogen-bond acceptors (Lipinski definition) is 6. The largest absolute Gasteiger partial charge is 0.416 e. The summed E-state index contributed by atoms with van der Waals surface area (Å²) in [5.41, 5.74) is 0.825. The number of carbonyl (C=O) groups is 2. The molecule has 2 heterocycles. The quantitative estimate of drug-likeness (QED) is 0.117. The number of alkyl halides is 3. The monoisotopic (exact) mass is 675 g/mol. The number of anilines is 1. The molecule has 1 aliphatic rings. The molecule has 0 saturated carbocycles. The zero-order valence-corrected chi connectivity index (χ0v) is 27.6. The third kappa shape index (κ3) is 7.29. The van der Waals surface area contributed by atoms with E-state index in [0.717, 1.165) is 24.7 Å². The van der Waals surface area contributed by atoms with E-state index in [2.05, 4.69) is 11.5 Å². The van der Waals surface area contributed by atoms with E-state index in [1.807, 2.05) is 56.3 Å². The maximum Gasteiger partial charge on any atom is 0.416 e. The van der Waals surface area contributed by atoms with Gasteiger partial charge in [0.15, 0.2) is 6.19 Å². The Kier molecular flexibility index (Phi) is 10.4. The molecule has 0 fully saturated rings. The van der Waals surface area contributed by atoms with Crippen LogP contribution in [-0.4, -0.2) is 71.2 Å². The summed E-state index contributed by atoms with van der Waals surface area (Å²) in [5.74, 6) is -2.45. The number of halogens is 4. The van der Waals surface area contributed by atoms with Crippen molar-refractivity contribution in [2.24, 2.45) is 0 Å². The molecule has 4 aromatic rings. The number of nitrogens with one attached hydrogen (secondary N) is 1. The molecule has 1 N–H and O–H groups in total. The number of nitrogens with zero attached hydrogens (tertiary/aromatic N) is 6. The smallest absolute Gasteiger partial charge is 0.339 e. The van der Waals surface area contributed by atoms with Crippen LogP contribution in [-0.2, 0) is 11.0 Å². The molecule has 0 bridgehead atoms. The first kappa shape index (κ1) is 35.1. The lowest BCUT2D eigenvalue weighted by atomic mass is 9.80. The number of fused-ring (bicyclic) bond motifs is 1. The fraction of sp³-hybridized carbons (Fsp3) is 0.333. The third-order valence-electron chi connectivity index (χ3n) is 8.64. The molecule has 3 aromatic carbocycles. The van der Waals surface area contributed by atoms with E-state index in [-0.39, 0.29) is 12.1 Å². The average Bonchev–Trinajstić information content (AvgIpc) is 3.47. The summed E-state index contributed by atoms with van der Waals surface area (Å²) in [5, 5.41) is 18.0. The van der Waals surface area contributed by atoms with Crippen LogP contribution in [0.25, 0.3) is 5.69 Å². The zero-order chi connectivity index (χ0) is 35.5. The van der Waals surface area contributed by atoms with E-state index in [0.29, 0.717) is 41.3 Å². The van der Waals surface area contributed by atoms with Crippen LogP contribution >= 0.6 is 0 Å². The number of para-hydroxylation sites is 1. The zero-order valence-electron chi connectivity index (χ0n) is 27.6. The van der Waals surface area contributed by atoms with Gasteiger partial charge in [-0.2, -0.15) is 23.5 Å². The van der Waals surface area contributed by atoms with Crippen LogP contribution in [0.1, 0.15) is 65.0 Å². The van der Waals surface area contributed by atoms with E-state index in [1.54, 1.807) is 16.5 Å². The van der Waals surface area contributed by atoms with Crippen molar-refractivity contribution in [1.82, 2.24) is 24.9 Å². The lowest BCUT2D eigenvalue weighted by molar-refractivity contribution is -0.137. The van der Waals surface area contributed by atoms with Gasteiger partial charge in [0.05, 0.1) is 23.0 Å². The van der Waals surface area contributed by atoms with Crippen molar-refractivity contribution in [1.29, 1.82) is 5.26 Å². The summed E-state index contributed by atoms with van der Waals surface area (Å²) in [4.78, 5) is 33.2. The van der Waals surface area contributed by atoms with Crippen LogP contribution in [0.4, 0.5) is 23.4 Å². The molecule has 0 saturated heterocycles. The Balaban J connectivity index is 1.71. The van der Waals surface area contributed by atoms with Crippen molar-refractivity contribution >= 4 is 17.6 Å². The summed E-state index contributed by atoms with van der Waals surface area (Å²) in [6, 6.07) is 16.7. The Labute approximate surface area is 282 Å². The van der Waals surface area contributed by atoms with E-state index in [9.17, 15) is 32.4 Å². The lowest BCUT2D eigenvalue weighted by Gasteiger charge is -2.39. The van der Waals surface area contributed by atoms with Crippen molar-refractivity contribution in [3.8, 4) is 11.9 Å². The van der Waals surface area contributed by atoms with E-state index in [1.165, 1.54) is 35.2 Å². The summed E-state index contributed by atoms with van der Waals surface area (Å²) >= 11 is 0. The molecule has 49 heavy (non-hydrogen) atoms. The van der Waals surface area contributed by atoms with Crippen LogP contribution < -0.4 is 10.2 Å². The maximum atomic E-state index is 14.5. The van der Waals surface area contributed by atoms with Gasteiger partial charge in [-0.15, -0.1) is 0 Å². The average molecular weight is 676 g/mol. The molecule has 9 nitrogen and oxygen atoms in total. The second-order valence-corrected chi connectivity index (χ2v) is 12.1. The van der Waals surface area contributed by atoms with Crippen molar-refractivity contribution in [3.05, 3.63) is 113 Å². The Morgan fingerprint density at radius 2 is 1.73 bits per heavy atom. The molecule has 13 heteroatoms. The molecule has 1 aromatic heterocycles. The predicted molar refractivity (Wildman–Crippen MR) is 176 cm³/mol. The highest BCUT2D eigenvalue weighted by Crippen LogP contribution is 2.46. The Morgan fingerprint density at radius 3 is 2.35 bits per heavy atom. The highest BCUT2D eigenvalue weighted by molar-refractivity contribution is 6.05. The van der Waals surface area contributed by atoms with E-state index >= 15 is 0 Å². The molecule has 0 radical (unpaired) electrons. The van der Waals surface area contributed by atoms with Gasteiger partial charge in [0, 0.05) is 30.1 Å². The fourth-order valence-electron chi connectivity index (χ4n) is 6.21. The summed E-state index contributed by atoms with van der Waals surface area (Å²) in [6.07, 6.45) is -1.72. The molecular weight excluding hydrogens is 638 g/mol. The molecule has 0 aliphatic carbocycles. The number of aromatic nitrogens is 2. The first-order chi connectivity index (χ1) is 23.3. The minimum atomic E-state index is -4.68. The normalized spacial score (nSPS) is 16.7. The Morgan fingerprint density at radius 1 is 1.04 bits per heavy atom. The van der Waals surface area contributed by atoms with Crippen LogP contribution in [0.5, 0.6) is 0 Å². The van der Waals surface area contributed by atoms with E-state index < -0.39 is 47.4 Å². The van der Waals surface area contributed by atoms with Gasteiger partial charge in [0.25, 0.3) is 11.8 Å². The van der Waals surface area contributed by atoms with Gasteiger partial charge >= 0.3 is 6.18 Å². The molecule has 5 rings (SSSR count). The molecule has 2 amide bonds. The minimum Gasteiger partial charge on any atom is -0.339 e. The molecule has 3 atom stereocenters. The second-order valence-electron chi connectivity index (χ2n) is 12.1. The van der Waals surface area contributed by atoms with Gasteiger partial charge in [0.1, 0.15) is 17.7 Å². The number of hydrogen-bond donors (Lipinski definition) is 1. The van der Waals surface area contributed by atoms with Gasteiger partial charge in [-0.05, 0) is 88.9 Å². The van der Waals surface area contributed by atoms with Crippen molar-refractivity contribution in [3.63, 3.8) is 0 Å². The highest BCUT2D eigenvalue weighted by atomic mass is 19.4. The maximum absolute atomic E-state index is 14.5. The molecule has 0 spiro atoms. The van der Waals surface area contributed by atoms with Gasteiger partial charge in [-0.25, -0.2) is 9.07 Å². The molecule has 0 unspecified atom stereocenters. The van der Waals surface area contributed by atoms with Gasteiger partial charge in [-0.3, -0.25) is 14.5 Å². The first-order valence-electron chi connectivity index (χ1n) is 15.9. The number of amides is 2. The number of nitriles is 1. The van der Waals surface area contributed by atoms with Crippen LogP contribution in [0.3, 0.4) is 0 Å². The van der Waals surface area contributed by atoms with Crippen LogP contribution in [0.2, 0.25) is 0 Å². The summed E-state index contributed by atoms with van der Waals surface area (Å²) < 4.78 is 56.5.